The summed E-state index contributed by atoms with van der Waals surface area (Å²) >= 11 is 3.56. The molecule has 0 spiro atoms. The molecule has 0 aromatic heterocycles. The summed E-state index contributed by atoms with van der Waals surface area (Å²) in [5, 5.41) is 3.77. The maximum Gasteiger partial charge on any atom is 0.0328 e. The molecule has 1 saturated carbocycles. The van der Waals surface area contributed by atoms with Gasteiger partial charge in [0, 0.05) is 22.6 Å². The molecule has 0 aliphatic heterocycles. The van der Waals surface area contributed by atoms with Crippen molar-refractivity contribution in [1.82, 2.24) is 10.2 Å². The molecular formula is C16H25BrN2. The van der Waals surface area contributed by atoms with Gasteiger partial charge in [-0.25, -0.2) is 0 Å². The van der Waals surface area contributed by atoms with E-state index in [4.69, 9.17) is 0 Å². The number of hydrogen-bond acceptors (Lipinski definition) is 2. The van der Waals surface area contributed by atoms with Crippen LogP contribution in [0.4, 0.5) is 0 Å². The van der Waals surface area contributed by atoms with Gasteiger partial charge in [-0.15, -0.1) is 0 Å². The minimum Gasteiger partial charge on any atom is -0.308 e. The summed E-state index contributed by atoms with van der Waals surface area (Å²) in [5.74, 6) is 0. The second-order valence-electron chi connectivity index (χ2n) is 5.87. The van der Waals surface area contributed by atoms with Gasteiger partial charge in [0.2, 0.25) is 0 Å². The summed E-state index contributed by atoms with van der Waals surface area (Å²) in [4.78, 5) is 2.40. The smallest absolute Gasteiger partial charge is 0.0328 e. The van der Waals surface area contributed by atoms with E-state index in [9.17, 15) is 0 Å². The number of halogens is 1. The Balaban J connectivity index is 2.00. The largest absolute Gasteiger partial charge is 0.308 e. The van der Waals surface area contributed by atoms with Gasteiger partial charge in [-0.1, -0.05) is 35.0 Å². The van der Waals surface area contributed by atoms with Gasteiger partial charge in [0.25, 0.3) is 0 Å². The Morgan fingerprint density at radius 2 is 2.11 bits per heavy atom. The molecule has 1 aromatic rings. The topological polar surface area (TPSA) is 15.3 Å². The fourth-order valence-corrected chi connectivity index (χ4v) is 3.32. The van der Waals surface area contributed by atoms with Crippen LogP contribution in [-0.4, -0.2) is 31.1 Å². The van der Waals surface area contributed by atoms with E-state index < -0.39 is 0 Å². The molecule has 1 atom stereocenters. The van der Waals surface area contributed by atoms with Crippen LogP contribution < -0.4 is 5.32 Å². The lowest BCUT2D eigenvalue weighted by Gasteiger charge is -2.48. The highest BCUT2D eigenvalue weighted by molar-refractivity contribution is 9.10. The van der Waals surface area contributed by atoms with Gasteiger partial charge in [-0.2, -0.15) is 0 Å². The first kappa shape index (κ1) is 15.0. The van der Waals surface area contributed by atoms with E-state index in [0.29, 0.717) is 11.6 Å². The SMILES string of the molecule is CCC(NCC1(N(C)C)CCC1)c1cccc(Br)c1. The van der Waals surface area contributed by atoms with Crippen LogP contribution in [0.2, 0.25) is 0 Å². The maximum atomic E-state index is 3.77. The van der Waals surface area contributed by atoms with E-state index in [1.165, 1.54) is 24.8 Å². The standard InChI is InChI=1S/C16H25BrN2/c1-4-15(13-7-5-8-14(17)11-13)18-12-16(19(2)3)9-6-10-16/h5,7-8,11,15,18H,4,6,9-10,12H2,1-3H3. The fourth-order valence-electron chi connectivity index (χ4n) is 2.90. The number of nitrogens with one attached hydrogen (secondary N) is 1. The predicted molar refractivity (Wildman–Crippen MR) is 85.4 cm³/mol. The lowest BCUT2D eigenvalue weighted by molar-refractivity contribution is 0.0569. The molecule has 1 aromatic carbocycles. The molecule has 1 aliphatic carbocycles. The van der Waals surface area contributed by atoms with Crippen LogP contribution in [0.15, 0.2) is 28.7 Å². The van der Waals surface area contributed by atoms with Crippen molar-refractivity contribution < 1.29 is 0 Å². The summed E-state index contributed by atoms with van der Waals surface area (Å²) in [6.07, 6.45) is 5.14. The third-order valence-electron chi connectivity index (χ3n) is 4.57. The minimum atomic E-state index is 0.388. The zero-order valence-electron chi connectivity index (χ0n) is 12.2. The lowest BCUT2D eigenvalue weighted by atomic mass is 9.75. The molecule has 2 rings (SSSR count). The van der Waals surface area contributed by atoms with Crippen molar-refractivity contribution in [3.8, 4) is 0 Å². The molecule has 1 aliphatic rings. The molecule has 19 heavy (non-hydrogen) atoms. The molecule has 0 saturated heterocycles. The van der Waals surface area contributed by atoms with Crippen LogP contribution in [-0.2, 0) is 0 Å². The van der Waals surface area contributed by atoms with Gasteiger partial charge >= 0.3 is 0 Å². The molecule has 1 fully saturated rings. The zero-order valence-corrected chi connectivity index (χ0v) is 13.8. The van der Waals surface area contributed by atoms with E-state index in [2.05, 4.69) is 71.4 Å². The van der Waals surface area contributed by atoms with E-state index in [1.54, 1.807) is 0 Å². The molecule has 3 heteroatoms. The minimum absolute atomic E-state index is 0.388. The van der Waals surface area contributed by atoms with Gasteiger partial charge in [0.15, 0.2) is 0 Å². The number of benzene rings is 1. The monoisotopic (exact) mass is 324 g/mol. The molecular weight excluding hydrogens is 300 g/mol. The molecule has 1 N–H and O–H groups in total. The summed E-state index contributed by atoms with van der Waals surface area (Å²) < 4.78 is 1.16. The normalized spacial score (nSPS) is 19.2. The second-order valence-corrected chi connectivity index (χ2v) is 6.78. The quantitative estimate of drug-likeness (QED) is 0.851. The Labute approximate surface area is 125 Å². The van der Waals surface area contributed by atoms with Crippen LogP contribution in [0.5, 0.6) is 0 Å². The first-order chi connectivity index (χ1) is 9.07. The first-order valence-corrected chi connectivity index (χ1v) is 8.03. The molecule has 106 valence electrons. The highest BCUT2D eigenvalue weighted by atomic mass is 79.9. The maximum absolute atomic E-state index is 3.77. The summed E-state index contributed by atoms with van der Waals surface area (Å²) in [7, 11) is 4.42. The number of rotatable bonds is 6. The second kappa shape index (κ2) is 6.38. The van der Waals surface area contributed by atoms with Crippen LogP contribution in [0, 0.1) is 0 Å². The highest BCUT2D eigenvalue weighted by Crippen LogP contribution is 2.36. The summed E-state index contributed by atoms with van der Waals surface area (Å²) in [5.41, 5.74) is 1.77. The molecule has 2 nitrogen and oxygen atoms in total. The van der Waals surface area contributed by atoms with Crippen molar-refractivity contribution in [3.05, 3.63) is 34.3 Å². The molecule has 1 unspecified atom stereocenters. The van der Waals surface area contributed by atoms with Gasteiger partial charge in [-0.05, 0) is 57.5 Å². The Morgan fingerprint density at radius 1 is 1.37 bits per heavy atom. The Bertz CT molecular complexity index is 413. The average molecular weight is 325 g/mol. The van der Waals surface area contributed by atoms with Gasteiger partial charge in [0.05, 0.1) is 0 Å². The van der Waals surface area contributed by atoms with Crippen molar-refractivity contribution in [3.63, 3.8) is 0 Å². The van der Waals surface area contributed by atoms with Crippen molar-refractivity contribution in [2.75, 3.05) is 20.6 Å². The number of likely N-dealkylation sites (N-methyl/N-ethyl adjacent to an activating group) is 1. The predicted octanol–water partition coefficient (Wildman–Crippen LogP) is 3.97. The van der Waals surface area contributed by atoms with Gasteiger partial charge in [0.1, 0.15) is 0 Å². The lowest BCUT2D eigenvalue weighted by Crippen LogP contribution is -2.56. The Hall–Kier alpha value is -0.380. The first-order valence-electron chi connectivity index (χ1n) is 7.24. The zero-order chi connectivity index (χ0) is 13.9. The molecule has 0 bridgehead atoms. The third kappa shape index (κ3) is 3.39. The third-order valence-corrected chi connectivity index (χ3v) is 5.06. The summed E-state index contributed by atoms with van der Waals surface area (Å²) in [6, 6.07) is 9.10. The van der Waals surface area contributed by atoms with Crippen molar-refractivity contribution in [1.29, 1.82) is 0 Å². The van der Waals surface area contributed by atoms with E-state index >= 15 is 0 Å². The van der Waals surface area contributed by atoms with Crippen LogP contribution in [0.25, 0.3) is 0 Å². The van der Waals surface area contributed by atoms with Crippen LogP contribution in [0.1, 0.15) is 44.2 Å². The van der Waals surface area contributed by atoms with Crippen molar-refractivity contribution >= 4 is 15.9 Å². The van der Waals surface area contributed by atoms with E-state index in [1.807, 2.05) is 0 Å². The van der Waals surface area contributed by atoms with Crippen molar-refractivity contribution in [2.45, 2.75) is 44.2 Å². The van der Waals surface area contributed by atoms with E-state index in [-0.39, 0.29) is 0 Å². The molecule has 0 radical (unpaired) electrons. The summed E-state index contributed by atoms with van der Waals surface area (Å²) in [6.45, 7) is 3.34. The molecule has 0 amide bonds. The van der Waals surface area contributed by atoms with Crippen molar-refractivity contribution in [2.24, 2.45) is 0 Å². The Kier molecular flexibility index (Phi) is 5.04. The van der Waals surface area contributed by atoms with Crippen LogP contribution >= 0.6 is 15.9 Å². The van der Waals surface area contributed by atoms with Gasteiger partial charge in [-0.3, -0.25) is 0 Å². The van der Waals surface area contributed by atoms with Gasteiger partial charge < -0.3 is 10.2 Å². The highest BCUT2D eigenvalue weighted by Gasteiger charge is 2.38. The average Bonchev–Trinajstić information content (AvgIpc) is 2.32. The molecule has 0 heterocycles. The number of hydrogen-bond donors (Lipinski definition) is 1. The van der Waals surface area contributed by atoms with Crippen LogP contribution in [0.3, 0.4) is 0 Å². The van der Waals surface area contributed by atoms with E-state index in [0.717, 1.165) is 17.4 Å². The Morgan fingerprint density at radius 3 is 2.58 bits per heavy atom. The fraction of sp³-hybridized carbons (Fsp3) is 0.625. The number of nitrogens with zero attached hydrogens (tertiary/aromatic N) is 1.